The van der Waals surface area contributed by atoms with Crippen LogP contribution in [0.2, 0.25) is 0 Å². The summed E-state index contributed by atoms with van der Waals surface area (Å²) < 4.78 is 27.6. The van der Waals surface area contributed by atoms with Crippen LogP contribution in [-0.2, 0) is 23.4 Å². The maximum absolute atomic E-state index is 11.8. The lowest BCUT2D eigenvalue weighted by atomic mass is 10.1. The largest absolute Gasteiger partial charge is 0.333 e. The van der Waals surface area contributed by atoms with Crippen LogP contribution in [0.1, 0.15) is 6.42 Å². The van der Waals surface area contributed by atoms with Gasteiger partial charge in [-0.15, -0.1) is 0 Å². The van der Waals surface area contributed by atoms with Crippen molar-refractivity contribution < 1.29 is 8.42 Å². The van der Waals surface area contributed by atoms with Crippen molar-refractivity contribution >= 4 is 9.84 Å². The Balaban J connectivity index is 1.77. The number of benzene rings is 1. The highest BCUT2D eigenvalue weighted by Gasteiger charge is 2.29. The van der Waals surface area contributed by atoms with Gasteiger partial charge in [0.2, 0.25) is 0 Å². The molecular weight excluding hydrogens is 336 g/mol. The van der Waals surface area contributed by atoms with Gasteiger partial charge in [0.15, 0.2) is 15.7 Å². The highest BCUT2D eigenvalue weighted by Crippen LogP contribution is 2.31. The van der Waals surface area contributed by atoms with Gasteiger partial charge in [0.25, 0.3) is 0 Å². The molecule has 1 atom stereocenters. The Morgan fingerprint density at radius 2 is 2.00 bits per heavy atom. The summed E-state index contributed by atoms with van der Waals surface area (Å²) >= 11 is 0. The standard InChI is InChI=1S/C18H20N4O2S/c1-21-9-8-19-18(21)17-16(15-5-3-2-4-6-15)20-13-22(17)11-14-7-10-25(23,24)12-14/h2-6,8-9,13-14H,7,10-12H2,1H3/t14-/m1/s1. The second kappa shape index (κ2) is 6.15. The van der Waals surface area contributed by atoms with E-state index in [9.17, 15) is 8.42 Å². The number of aryl methyl sites for hydroxylation is 1. The van der Waals surface area contributed by atoms with E-state index in [1.807, 2.05) is 48.1 Å². The van der Waals surface area contributed by atoms with Crippen molar-refractivity contribution in [2.45, 2.75) is 13.0 Å². The summed E-state index contributed by atoms with van der Waals surface area (Å²) in [5.74, 6) is 1.50. The van der Waals surface area contributed by atoms with E-state index in [1.54, 1.807) is 12.5 Å². The first-order chi connectivity index (χ1) is 12.0. The molecule has 1 saturated heterocycles. The monoisotopic (exact) mass is 356 g/mol. The van der Waals surface area contributed by atoms with Crippen molar-refractivity contribution in [2.75, 3.05) is 11.5 Å². The summed E-state index contributed by atoms with van der Waals surface area (Å²) in [6, 6.07) is 10.0. The van der Waals surface area contributed by atoms with E-state index in [-0.39, 0.29) is 17.4 Å². The molecule has 0 amide bonds. The van der Waals surface area contributed by atoms with E-state index in [2.05, 4.69) is 14.5 Å². The Hall–Kier alpha value is -2.41. The summed E-state index contributed by atoms with van der Waals surface area (Å²) in [6.45, 7) is 0.640. The zero-order valence-corrected chi connectivity index (χ0v) is 14.9. The maximum Gasteiger partial charge on any atom is 0.158 e. The minimum Gasteiger partial charge on any atom is -0.333 e. The molecule has 3 heterocycles. The Morgan fingerprint density at radius 1 is 1.20 bits per heavy atom. The van der Waals surface area contributed by atoms with Gasteiger partial charge in [-0.2, -0.15) is 0 Å². The molecule has 130 valence electrons. The van der Waals surface area contributed by atoms with Crippen LogP contribution in [0.5, 0.6) is 0 Å². The van der Waals surface area contributed by atoms with Crippen LogP contribution in [0.15, 0.2) is 49.1 Å². The van der Waals surface area contributed by atoms with E-state index >= 15 is 0 Å². The molecule has 0 unspecified atom stereocenters. The fourth-order valence-electron chi connectivity index (χ4n) is 3.45. The third kappa shape index (κ3) is 3.11. The fraction of sp³-hybridized carbons (Fsp3) is 0.333. The smallest absolute Gasteiger partial charge is 0.158 e. The van der Waals surface area contributed by atoms with Gasteiger partial charge in [0.1, 0.15) is 5.69 Å². The fourth-order valence-corrected chi connectivity index (χ4v) is 5.30. The minimum atomic E-state index is -2.89. The highest BCUT2D eigenvalue weighted by atomic mass is 32.2. The SMILES string of the molecule is Cn1ccnc1-c1c(-c2ccccc2)ncn1C[C@H]1CCS(=O)(=O)C1. The van der Waals surface area contributed by atoms with Crippen molar-refractivity contribution in [3.05, 3.63) is 49.1 Å². The average molecular weight is 356 g/mol. The number of imidazole rings is 2. The Morgan fingerprint density at radius 3 is 2.64 bits per heavy atom. The summed E-state index contributed by atoms with van der Waals surface area (Å²) in [5, 5.41) is 0. The van der Waals surface area contributed by atoms with Gasteiger partial charge >= 0.3 is 0 Å². The average Bonchev–Trinajstić information content (AvgIpc) is 3.27. The van der Waals surface area contributed by atoms with Crippen LogP contribution in [0.4, 0.5) is 0 Å². The predicted molar refractivity (Wildman–Crippen MR) is 96.6 cm³/mol. The van der Waals surface area contributed by atoms with Crippen molar-refractivity contribution in [3.8, 4) is 22.8 Å². The quantitative estimate of drug-likeness (QED) is 0.720. The van der Waals surface area contributed by atoms with Gasteiger partial charge in [-0.05, 0) is 12.3 Å². The Bertz CT molecular complexity index is 989. The van der Waals surface area contributed by atoms with E-state index in [0.717, 1.165) is 22.8 Å². The summed E-state index contributed by atoms with van der Waals surface area (Å²) in [7, 11) is -0.937. The molecule has 7 heteroatoms. The van der Waals surface area contributed by atoms with E-state index in [1.165, 1.54) is 0 Å². The minimum absolute atomic E-state index is 0.127. The van der Waals surface area contributed by atoms with Crippen LogP contribution in [-0.4, -0.2) is 39.0 Å². The molecule has 1 aliphatic rings. The van der Waals surface area contributed by atoms with Crippen molar-refractivity contribution in [1.29, 1.82) is 0 Å². The molecule has 4 rings (SSSR count). The molecule has 0 radical (unpaired) electrons. The molecule has 6 nitrogen and oxygen atoms in total. The van der Waals surface area contributed by atoms with Crippen LogP contribution in [0.3, 0.4) is 0 Å². The second-order valence-corrected chi connectivity index (χ2v) is 8.82. The lowest BCUT2D eigenvalue weighted by Crippen LogP contribution is -2.13. The Labute approximate surface area is 147 Å². The first kappa shape index (κ1) is 16.1. The molecule has 0 spiro atoms. The molecule has 0 aliphatic carbocycles. The van der Waals surface area contributed by atoms with Crippen molar-refractivity contribution in [2.24, 2.45) is 13.0 Å². The van der Waals surface area contributed by atoms with Crippen molar-refractivity contribution in [1.82, 2.24) is 19.1 Å². The first-order valence-corrected chi connectivity index (χ1v) is 10.1. The molecular formula is C18H20N4O2S. The summed E-state index contributed by atoms with van der Waals surface area (Å²) in [5.41, 5.74) is 2.83. The van der Waals surface area contributed by atoms with Gasteiger partial charge < -0.3 is 9.13 Å². The molecule has 2 aromatic heterocycles. The zero-order chi connectivity index (χ0) is 17.4. The lowest BCUT2D eigenvalue weighted by Gasteiger charge is -2.13. The van der Waals surface area contributed by atoms with Crippen LogP contribution >= 0.6 is 0 Å². The molecule has 0 saturated carbocycles. The molecule has 0 bridgehead atoms. The number of hydrogen-bond donors (Lipinski definition) is 0. The summed E-state index contributed by atoms with van der Waals surface area (Å²) in [4.78, 5) is 9.11. The molecule has 1 aromatic carbocycles. The topological polar surface area (TPSA) is 69.8 Å². The molecule has 0 N–H and O–H groups in total. The van der Waals surface area contributed by atoms with Crippen molar-refractivity contribution in [3.63, 3.8) is 0 Å². The lowest BCUT2D eigenvalue weighted by molar-refractivity contribution is 0.492. The number of sulfone groups is 1. The van der Waals surface area contributed by atoms with Gasteiger partial charge in [0.05, 0.1) is 23.5 Å². The van der Waals surface area contributed by atoms with Crippen LogP contribution in [0, 0.1) is 5.92 Å². The maximum atomic E-state index is 11.8. The first-order valence-electron chi connectivity index (χ1n) is 8.32. The summed E-state index contributed by atoms with van der Waals surface area (Å²) in [6.07, 6.45) is 6.18. The number of aromatic nitrogens is 4. The molecule has 1 aliphatic heterocycles. The third-order valence-corrected chi connectivity index (χ3v) is 6.54. The number of rotatable bonds is 4. The normalized spacial score (nSPS) is 19.3. The van der Waals surface area contributed by atoms with E-state index < -0.39 is 9.84 Å². The second-order valence-electron chi connectivity index (χ2n) is 6.59. The number of hydrogen-bond acceptors (Lipinski definition) is 4. The third-order valence-electron chi connectivity index (χ3n) is 4.70. The molecule has 1 fully saturated rings. The van der Waals surface area contributed by atoms with Gasteiger partial charge in [-0.1, -0.05) is 30.3 Å². The van der Waals surface area contributed by atoms with Crippen LogP contribution < -0.4 is 0 Å². The zero-order valence-electron chi connectivity index (χ0n) is 14.0. The van der Waals surface area contributed by atoms with Gasteiger partial charge in [-0.25, -0.2) is 18.4 Å². The van der Waals surface area contributed by atoms with Gasteiger partial charge in [0, 0.05) is 31.5 Å². The molecule has 3 aromatic rings. The van der Waals surface area contributed by atoms with E-state index in [0.29, 0.717) is 13.0 Å². The number of nitrogens with zero attached hydrogens (tertiary/aromatic N) is 4. The Kier molecular flexibility index (Phi) is 3.95. The molecule has 25 heavy (non-hydrogen) atoms. The predicted octanol–water partition coefficient (Wildman–Crippen LogP) is 2.39. The highest BCUT2D eigenvalue weighted by molar-refractivity contribution is 7.91. The van der Waals surface area contributed by atoms with E-state index in [4.69, 9.17) is 0 Å². The van der Waals surface area contributed by atoms with Crippen LogP contribution in [0.25, 0.3) is 22.8 Å². The van der Waals surface area contributed by atoms with Gasteiger partial charge in [-0.3, -0.25) is 0 Å².